The first-order valence-corrected chi connectivity index (χ1v) is 6.82. The SMILES string of the molecule is Cc1cc(F)ccc1C(=O)NC1(CCl)CCOCC1. The molecular weight excluding hydrogens is 269 g/mol. The first-order valence-electron chi connectivity index (χ1n) is 6.29. The number of carbonyl (C=O) groups is 1. The van der Waals surface area contributed by atoms with Crippen molar-refractivity contribution in [3.05, 3.63) is 35.1 Å². The predicted octanol–water partition coefficient (Wildman–Crippen LogP) is 2.65. The van der Waals surface area contributed by atoms with Gasteiger partial charge in [-0.1, -0.05) is 0 Å². The highest BCUT2D eigenvalue weighted by molar-refractivity contribution is 6.19. The molecule has 1 aromatic rings. The van der Waals surface area contributed by atoms with Crippen molar-refractivity contribution < 1.29 is 13.9 Å². The fourth-order valence-corrected chi connectivity index (χ4v) is 2.58. The maximum absolute atomic E-state index is 13.0. The van der Waals surface area contributed by atoms with Gasteiger partial charge in [-0.15, -0.1) is 11.6 Å². The third kappa shape index (κ3) is 3.25. The number of benzene rings is 1. The van der Waals surface area contributed by atoms with Crippen LogP contribution in [0.2, 0.25) is 0 Å². The Hall–Kier alpha value is -1.13. The van der Waals surface area contributed by atoms with E-state index in [4.69, 9.17) is 16.3 Å². The molecule has 104 valence electrons. The van der Waals surface area contributed by atoms with Gasteiger partial charge in [0.2, 0.25) is 0 Å². The van der Waals surface area contributed by atoms with Gasteiger partial charge in [0.15, 0.2) is 0 Å². The number of nitrogens with one attached hydrogen (secondary N) is 1. The Morgan fingerprint density at radius 3 is 2.74 bits per heavy atom. The zero-order valence-corrected chi connectivity index (χ0v) is 11.6. The number of hydrogen-bond acceptors (Lipinski definition) is 2. The third-order valence-electron chi connectivity index (χ3n) is 3.52. The van der Waals surface area contributed by atoms with E-state index in [9.17, 15) is 9.18 Å². The number of rotatable bonds is 3. The van der Waals surface area contributed by atoms with Gasteiger partial charge in [0.1, 0.15) is 5.82 Å². The molecule has 19 heavy (non-hydrogen) atoms. The minimum atomic E-state index is -0.419. The zero-order chi connectivity index (χ0) is 13.9. The van der Waals surface area contributed by atoms with Crippen LogP contribution in [0.5, 0.6) is 0 Å². The highest BCUT2D eigenvalue weighted by atomic mass is 35.5. The lowest BCUT2D eigenvalue weighted by atomic mass is 9.91. The van der Waals surface area contributed by atoms with Gasteiger partial charge in [-0.3, -0.25) is 4.79 Å². The second-order valence-corrected chi connectivity index (χ2v) is 5.21. The Kier molecular flexibility index (Phi) is 4.42. The third-order valence-corrected chi connectivity index (χ3v) is 4.03. The molecule has 1 N–H and O–H groups in total. The van der Waals surface area contributed by atoms with Crippen LogP contribution in [0.25, 0.3) is 0 Å². The molecule has 1 amide bonds. The Balaban J connectivity index is 2.15. The monoisotopic (exact) mass is 285 g/mol. The Morgan fingerprint density at radius 1 is 1.47 bits per heavy atom. The van der Waals surface area contributed by atoms with Crippen molar-refractivity contribution in [3.8, 4) is 0 Å². The quantitative estimate of drug-likeness (QED) is 0.867. The summed E-state index contributed by atoms with van der Waals surface area (Å²) in [5.41, 5.74) is 0.684. The van der Waals surface area contributed by atoms with Crippen LogP contribution >= 0.6 is 11.6 Å². The van der Waals surface area contributed by atoms with Crippen molar-refractivity contribution in [2.75, 3.05) is 19.1 Å². The number of halogens is 2. The van der Waals surface area contributed by atoms with Crippen molar-refractivity contribution >= 4 is 17.5 Å². The van der Waals surface area contributed by atoms with E-state index in [1.807, 2.05) is 0 Å². The number of aryl methyl sites for hydroxylation is 1. The molecule has 1 saturated heterocycles. The number of hydrogen-bond donors (Lipinski definition) is 1. The number of carbonyl (C=O) groups excluding carboxylic acids is 1. The van der Waals surface area contributed by atoms with E-state index in [1.54, 1.807) is 6.92 Å². The number of ether oxygens (including phenoxy) is 1. The van der Waals surface area contributed by atoms with E-state index in [2.05, 4.69) is 5.32 Å². The van der Waals surface area contributed by atoms with Crippen molar-refractivity contribution in [2.45, 2.75) is 25.3 Å². The summed E-state index contributed by atoms with van der Waals surface area (Å²) in [6.07, 6.45) is 1.39. The molecule has 0 aromatic heterocycles. The second kappa shape index (κ2) is 5.88. The highest BCUT2D eigenvalue weighted by Gasteiger charge is 2.33. The minimum absolute atomic E-state index is 0.208. The second-order valence-electron chi connectivity index (χ2n) is 4.94. The molecule has 1 heterocycles. The van der Waals surface area contributed by atoms with Gasteiger partial charge in [0, 0.05) is 24.7 Å². The van der Waals surface area contributed by atoms with Gasteiger partial charge in [0.25, 0.3) is 5.91 Å². The summed E-state index contributed by atoms with van der Waals surface area (Å²) in [7, 11) is 0. The molecule has 0 saturated carbocycles. The summed E-state index contributed by atoms with van der Waals surface area (Å²) >= 11 is 6.00. The van der Waals surface area contributed by atoms with Gasteiger partial charge in [-0.2, -0.15) is 0 Å². The Bertz CT molecular complexity index is 473. The minimum Gasteiger partial charge on any atom is -0.381 e. The highest BCUT2D eigenvalue weighted by Crippen LogP contribution is 2.23. The smallest absolute Gasteiger partial charge is 0.252 e. The van der Waals surface area contributed by atoms with Crippen LogP contribution in [0, 0.1) is 12.7 Å². The number of alkyl halides is 1. The first-order chi connectivity index (χ1) is 9.06. The molecular formula is C14H17ClFNO2. The summed E-state index contributed by atoms with van der Waals surface area (Å²) in [6, 6.07) is 4.15. The Labute approximate surface area is 117 Å². The largest absolute Gasteiger partial charge is 0.381 e. The molecule has 1 aromatic carbocycles. The van der Waals surface area contributed by atoms with Crippen molar-refractivity contribution in [1.29, 1.82) is 0 Å². The van der Waals surface area contributed by atoms with Crippen LogP contribution < -0.4 is 5.32 Å². The van der Waals surface area contributed by atoms with Crippen LogP contribution in [0.15, 0.2) is 18.2 Å². The molecule has 1 fully saturated rings. The average molecular weight is 286 g/mol. The van der Waals surface area contributed by atoms with Gasteiger partial charge in [-0.05, 0) is 43.5 Å². The normalized spacial score (nSPS) is 18.1. The standard InChI is InChI=1S/C14H17ClFNO2/c1-10-8-11(16)2-3-12(10)13(18)17-14(9-15)4-6-19-7-5-14/h2-3,8H,4-7,9H2,1H3,(H,17,18). The van der Waals surface area contributed by atoms with Gasteiger partial charge in [0.05, 0.1) is 5.54 Å². The first kappa shape index (κ1) is 14.3. The summed E-state index contributed by atoms with van der Waals surface area (Å²) < 4.78 is 18.3. The van der Waals surface area contributed by atoms with Crippen LogP contribution in [0.3, 0.4) is 0 Å². The molecule has 5 heteroatoms. The maximum Gasteiger partial charge on any atom is 0.252 e. The van der Waals surface area contributed by atoms with E-state index in [0.29, 0.717) is 43.1 Å². The topological polar surface area (TPSA) is 38.3 Å². The van der Waals surface area contributed by atoms with E-state index in [1.165, 1.54) is 18.2 Å². The van der Waals surface area contributed by atoms with Crippen molar-refractivity contribution in [1.82, 2.24) is 5.32 Å². The molecule has 0 bridgehead atoms. The van der Waals surface area contributed by atoms with Crippen molar-refractivity contribution in [2.24, 2.45) is 0 Å². The molecule has 0 aliphatic carbocycles. The lowest BCUT2D eigenvalue weighted by Crippen LogP contribution is -2.53. The van der Waals surface area contributed by atoms with E-state index >= 15 is 0 Å². The number of amides is 1. The molecule has 0 atom stereocenters. The maximum atomic E-state index is 13.0. The van der Waals surface area contributed by atoms with E-state index < -0.39 is 5.54 Å². The summed E-state index contributed by atoms with van der Waals surface area (Å²) in [5, 5.41) is 2.99. The van der Waals surface area contributed by atoms with Gasteiger partial charge < -0.3 is 10.1 Å². The van der Waals surface area contributed by atoms with Crippen LogP contribution in [0.4, 0.5) is 4.39 Å². The average Bonchev–Trinajstić information content (AvgIpc) is 2.39. The molecule has 0 radical (unpaired) electrons. The van der Waals surface area contributed by atoms with Crippen LogP contribution in [0.1, 0.15) is 28.8 Å². The van der Waals surface area contributed by atoms with E-state index in [-0.39, 0.29) is 11.7 Å². The molecule has 3 nitrogen and oxygen atoms in total. The van der Waals surface area contributed by atoms with Crippen LogP contribution in [-0.2, 0) is 4.74 Å². The van der Waals surface area contributed by atoms with Gasteiger partial charge >= 0.3 is 0 Å². The summed E-state index contributed by atoms with van der Waals surface area (Å²) in [4.78, 5) is 12.3. The summed E-state index contributed by atoms with van der Waals surface area (Å²) in [6.45, 7) is 2.90. The van der Waals surface area contributed by atoms with Crippen molar-refractivity contribution in [3.63, 3.8) is 0 Å². The summed E-state index contributed by atoms with van der Waals surface area (Å²) in [5.74, 6) is -0.199. The predicted molar refractivity (Wildman–Crippen MR) is 72.1 cm³/mol. The van der Waals surface area contributed by atoms with E-state index in [0.717, 1.165) is 0 Å². The fraction of sp³-hybridized carbons (Fsp3) is 0.500. The lowest BCUT2D eigenvalue weighted by Gasteiger charge is -2.36. The van der Waals surface area contributed by atoms with Crippen LogP contribution in [-0.4, -0.2) is 30.5 Å². The molecule has 1 aliphatic rings. The van der Waals surface area contributed by atoms with Gasteiger partial charge in [-0.25, -0.2) is 4.39 Å². The lowest BCUT2D eigenvalue weighted by molar-refractivity contribution is 0.0433. The Morgan fingerprint density at radius 2 is 2.16 bits per heavy atom. The molecule has 0 spiro atoms. The zero-order valence-electron chi connectivity index (χ0n) is 10.8. The molecule has 0 unspecified atom stereocenters. The molecule has 1 aliphatic heterocycles. The fourth-order valence-electron chi connectivity index (χ4n) is 2.24. The molecule has 2 rings (SSSR count).